The lowest BCUT2D eigenvalue weighted by molar-refractivity contribution is -0.272. The number of hydrogen-bond acceptors (Lipinski definition) is 4. The fraction of sp³-hybridized carbons (Fsp3) is 0.458. The first-order valence-electron chi connectivity index (χ1n) is 10.8. The minimum Gasteiger partial charge on any atom is -0.508 e. The van der Waals surface area contributed by atoms with Crippen molar-refractivity contribution in [3.8, 4) is 5.75 Å². The molecular weight excluding hydrogens is 421 g/mol. The highest BCUT2D eigenvalue weighted by Gasteiger charge is 2.62. The molecule has 8 heteroatoms. The number of anilines is 2. The Bertz CT molecular complexity index is 1070. The smallest absolute Gasteiger partial charge is 0.419 e. The largest absolute Gasteiger partial charge is 0.508 e. The lowest BCUT2D eigenvalue weighted by atomic mass is 9.68. The molecule has 2 aromatic rings. The van der Waals surface area contributed by atoms with Crippen LogP contribution < -0.4 is 10.6 Å². The molecule has 0 aromatic heterocycles. The van der Waals surface area contributed by atoms with Crippen molar-refractivity contribution in [2.24, 2.45) is 0 Å². The van der Waals surface area contributed by atoms with Crippen molar-refractivity contribution in [1.82, 2.24) is 0 Å². The molecule has 4 rings (SSSR count). The van der Waals surface area contributed by atoms with E-state index < -0.39 is 30.2 Å². The van der Waals surface area contributed by atoms with Crippen molar-refractivity contribution >= 4 is 17.3 Å². The molecule has 5 nitrogen and oxygen atoms in total. The third-order valence-electron chi connectivity index (χ3n) is 6.70. The number of amides is 1. The molecule has 0 saturated carbocycles. The van der Waals surface area contributed by atoms with Gasteiger partial charge in [0.05, 0.1) is 12.5 Å². The third kappa shape index (κ3) is 3.50. The molecule has 0 spiro atoms. The van der Waals surface area contributed by atoms with Gasteiger partial charge in [0.1, 0.15) is 5.75 Å². The van der Waals surface area contributed by atoms with Crippen LogP contribution in [0.1, 0.15) is 73.7 Å². The van der Waals surface area contributed by atoms with Crippen molar-refractivity contribution < 1.29 is 28.2 Å². The summed E-state index contributed by atoms with van der Waals surface area (Å²) in [6, 6.07) is 6.64. The van der Waals surface area contributed by atoms with Gasteiger partial charge in [-0.25, -0.2) is 0 Å². The van der Waals surface area contributed by atoms with Crippen LogP contribution in [0.5, 0.6) is 5.75 Å². The molecule has 1 aliphatic carbocycles. The number of phenols is 1. The molecule has 0 fully saturated rings. The molecule has 172 valence electrons. The highest BCUT2D eigenvalue weighted by Crippen LogP contribution is 2.55. The minimum absolute atomic E-state index is 0.0318. The maximum absolute atomic E-state index is 14.4. The first-order valence-corrected chi connectivity index (χ1v) is 10.8. The molecule has 1 amide bonds. The molecule has 2 aliphatic rings. The van der Waals surface area contributed by atoms with Crippen LogP contribution in [-0.2, 0) is 11.2 Å². The summed E-state index contributed by atoms with van der Waals surface area (Å²) < 4.78 is 43.1. The Morgan fingerprint density at radius 1 is 1.28 bits per heavy atom. The monoisotopic (exact) mass is 448 g/mol. The summed E-state index contributed by atoms with van der Waals surface area (Å²) in [6.07, 6.45) is -5.10. The number of phenolic OH excluding ortho intramolecular Hbond substituents is 1. The number of hydrogen-bond donors (Lipinski definition) is 4. The predicted molar refractivity (Wildman–Crippen MR) is 116 cm³/mol. The van der Waals surface area contributed by atoms with E-state index in [2.05, 4.69) is 10.6 Å². The van der Waals surface area contributed by atoms with Crippen molar-refractivity contribution in [2.75, 3.05) is 10.6 Å². The summed E-state index contributed by atoms with van der Waals surface area (Å²) in [6.45, 7) is 5.53. The zero-order chi connectivity index (χ0) is 23.4. The number of rotatable bonds is 4. The number of benzene rings is 2. The molecule has 32 heavy (non-hydrogen) atoms. The average Bonchev–Trinajstić information content (AvgIpc) is 3.09. The minimum atomic E-state index is -4.91. The van der Waals surface area contributed by atoms with E-state index in [1.807, 2.05) is 13.8 Å². The van der Waals surface area contributed by atoms with E-state index in [0.717, 1.165) is 0 Å². The van der Waals surface area contributed by atoms with Gasteiger partial charge in [0.15, 0.2) is 5.60 Å². The van der Waals surface area contributed by atoms with E-state index in [9.17, 15) is 28.2 Å². The van der Waals surface area contributed by atoms with Gasteiger partial charge in [-0.15, -0.1) is 0 Å². The SMILES string of the molecule is CC[C@@H]1C[C@@](O)(C(F)(F)F)[C@@H](Nc2cccc3c2CC(=O)N3)c2cc(C(C)C)cc(O)c21. The zero-order valence-corrected chi connectivity index (χ0v) is 18.2. The van der Waals surface area contributed by atoms with Crippen LogP contribution in [0.4, 0.5) is 24.5 Å². The Morgan fingerprint density at radius 3 is 2.62 bits per heavy atom. The summed E-state index contributed by atoms with van der Waals surface area (Å²) >= 11 is 0. The lowest BCUT2D eigenvalue weighted by Gasteiger charge is -2.46. The highest BCUT2D eigenvalue weighted by molar-refractivity contribution is 6.01. The second kappa shape index (κ2) is 7.69. The number of alkyl halides is 3. The van der Waals surface area contributed by atoms with Gasteiger partial charge < -0.3 is 20.8 Å². The Hall–Kier alpha value is -2.74. The highest BCUT2D eigenvalue weighted by atomic mass is 19.4. The summed E-state index contributed by atoms with van der Waals surface area (Å²) in [7, 11) is 0. The maximum atomic E-state index is 14.4. The standard InChI is InChI=1S/C24H27F3N2O3/c1-4-13-11-23(32,24(25,26)27)22(16-8-14(12(2)3)9-19(30)21(13)16)29-18-7-5-6-17-15(18)10-20(31)28-17/h5-9,12-13,22,29-30,32H,4,10-11H2,1-3H3,(H,28,31)/t13-,22+,23+/m1/s1. The number of carbonyl (C=O) groups excluding carboxylic acids is 1. The van der Waals surface area contributed by atoms with E-state index in [1.54, 1.807) is 37.3 Å². The van der Waals surface area contributed by atoms with Crippen molar-refractivity contribution in [2.45, 2.75) is 69.7 Å². The predicted octanol–water partition coefficient (Wildman–Crippen LogP) is 5.35. The van der Waals surface area contributed by atoms with Gasteiger partial charge in [-0.2, -0.15) is 13.2 Å². The molecule has 1 heterocycles. The first-order chi connectivity index (χ1) is 15.0. The average molecular weight is 448 g/mol. The van der Waals surface area contributed by atoms with E-state index >= 15 is 0 Å². The number of nitrogens with one attached hydrogen (secondary N) is 2. The lowest BCUT2D eigenvalue weighted by Crippen LogP contribution is -2.55. The van der Waals surface area contributed by atoms with Gasteiger partial charge in [-0.05, 0) is 54.0 Å². The van der Waals surface area contributed by atoms with E-state index in [4.69, 9.17) is 0 Å². The fourth-order valence-electron chi connectivity index (χ4n) is 4.92. The Morgan fingerprint density at radius 2 is 2.00 bits per heavy atom. The van der Waals surface area contributed by atoms with Gasteiger partial charge >= 0.3 is 6.18 Å². The van der Waals surface area contributed by atoms with Crippen LogP contribution in [0.3, 0.4) is 0 Å². The molecule has 0 saturated heterocycles. The number of fused-ring (bicyclic) bond motifs is 2. The third-order valence-corrected chi connectivity index (χ3v) is 6.70. The van der Waals surface area contributed by atoms with Crippen LogP contribution in [0.25, 0.3) is 0 Å². The van der Waals surface area contributed by atoms with Gasteiger partial charge in [-0.3, -0.25) is 4.79 Å². The van der Waals surface area contributed by atoms with Crippen LogP contribution in [0, 0.1) is 0 Å². The van der Waals surface area contributed by atoms with Crippen molar-refractivity contribution in [3.63, 3.8) is 0 Å². The zero-order valence-electron chi connectivity index (χ0n) is 18.2. The summed E-state index contributed by atoms with van der Waals surface area (Å²) in [5, 5.41) is 27.5. The Labute approximate surface area is 184 Å². The fourth-order valence-corrected chi connectivity index (χ4v) is 4.92. The molecule has 4 N–H and O–H groups in total. The Balaban J connectivity index is 1.92. The number of aromatic hydroxyl groups is 1. The second-order valence-corrected chi connectivity index (χ2v) is 9.06. The van der Waals surface area contributed by atoms with Gasteiger partial charge in [0.2, 0.25) is 5.91 Å². The maximum Gasteiger partial charge on any atom is 0.419 e. The topological polar surface area (TPSA) is 81.6 Å². The van der Waals surface area contributed by atoms with E-state index in [-0.39, 0.29) is 29.6 Å². The number of aliphatic hydroxyl groups is 1. The summed E-state index contributed by atoms with van der Waals surface area (Å²) in [5.41, 5.74) is -0.247. The molecule has 1 aliphatic heterocycles. The second-order valence-electron chi connectivity index (χ2n) is 9.06. The number of halogens is 3. The van der Waals surface area contributed by atoms with Gasteiger partial charge in [-0.1, -0.05) is 32.9 Å². The van der Waals surface area contributed by atoms with Crippen molar-refractivity contribution in [3.05, 3.63) is 52.6 Å². The number of carbonyl (C=O) groups is 1. The molecule has 2 aromatic carbocycles. The normalized spacial score (nSPS) is 24.8. The quantitative estimate of drug-likeness (QED) is 0.508. The Kier molecular flexibility index (Phi) is 5.40. The van der Waals surface area contributed by atoms with Gasteiger partial charge in [0, 0.05) is 22.5 Å². The molecule has 0 radical (unpaired) electrons. The molecule has 0 bridgehead atoms. The van der Waals surface area contributed by atoms with Gasteiger partial charge in [0.25, 0.3) is 0 Å². The van der Waals surface area contributed by atoms with E-state index in [0.29, 0.717) is 34.5 Å². The molecular formula is C24H27F3N2O3. The van der Waals surface area contributed by atoms with Crippen LogP contribution >= 0.6 is 0 Å². The summed E-state index contributed by atoms with van der Waals surface area (Å²) in [4.78, 5) is 11.9. The van der Waals surface area contributed by atoms with Crippen LogP contribution in [0.2, 0.25) is 0 Å². The van der Waals surface area contributed by atoms with Crippen LogP contribution in [-0.4, -0.2) is 27.9 Å². The molecule has 0 unspecified atom stereocenters. The van der Waals surface area contributed by atoms with Crippen LogP contribution in [0.15, 0.2) is 30.3 Å². The van der Waals surface area contributed by atoms with E-state index in [1.165, 1.54) is 0 Å². The molecule has 3 atom stereocenters. The summed E-state index contributed by atoms with van der Waals surface area (Å²) in [5.74, 6) is -0.976. The van der Waals surface area contributed by atoms with Crippen molar-refractivity contribution in [1.29, 1.82) is 0 Å². The first kappa shape index (κ1) is 22.5.